The summed E-state index contributed by atoms with van der Waals surface area (Å²) in [5.41, 5.74) is -1.24. The van der Waals surface area contributed by atoms with Crippen LogP contribution in [0.2, 0.25) is 0 Å². The first-order valence-corrected chi connectivity index (χ1v) is 10.4. The van der Waals surface area contributed by atoms with Gasteiger partial charge >= 0.3 is 12.8 Å². The Hall–Kier alpha value is -2.34. The molecule has 162 valence electrons. The van der Waals surface area contributed by atoms with Gasteiger partial charge in [-0.2, -0.15) is 27.2 Å². The highest BCUT2D eigenvalue weighted by Crippen LogP contribution is 2.38. The third kappa shape index (κ3) is 6.87. The van der Waals surface area contributed by atoms with Crippen molar-refractivity contribution in [2.45, 2.75) is 56.8 Å². The lowest BCUT2D eigenvalue weighted by Crippen LogP contribution is -2.10. The Kier molecular flexibility index (Phi) is 8.90. The van der Waals surface area contributed by atoms with Gasteiger partial charge in [0.05, 0.1) is 16.8 Å². The summed E-state index contributed by atoms with van der Waals surface area (Å²) in [6.45, 7) is -0.908. The van der Waals surface area contributed by atoms with Gasteiger partial charge < -0.3 is 4.74 Å². The van der Waals surface area contributed by atoms with E-state index in [0.29, 0.717) is 11.3 Å². The smallest absolute Gasteiger partial charge is 0.417 e. The molecule has 3 nitrogen and oxygen atoms in total. The highest BCUT2D eigenvalue weighted by atomic mass is 32.2. The number of thioether (sulfide) groups is 1. The molecule has 1 heterocycles. The van der Waals surface area contributed by atoms with E-state index in [1.54, 1.807) is 6.07 Å². The molecule has 9 heteroatoms. The van der Waals surface area contributed by atoms with E-state index in [1.165, 1.54) is 24.3 Å². The molecular formula is C21H21F5N2OS. The second-order valence-corrected chi connectivity index (χ2v) is 7.59. The molecule has 0 fully saturated rings. The second kappa shape index (κ2) is 11.2. The zero-order valence-electron chi connectivity index (χ0n) is 16.3. The lowest BCUT2D eigenvalue weighted by atomic mass is 10.1. The number of unbranched alkanes of at least 4 members (excludes halogenated alkanes) is 4. The summed E-state index contributed by atoms with van der Waals surface area (Å²) in [4.78, 5) is 4.26. The predicted octanol–water partition coefficient (Wildman–Crippen LogP) is 7.30. The number of nitrogens with zero attached hydrogens (tertiary/aromatic N) is 2. The van der Waals surface area contributed by atoms with E-state index in [4.69, 9.17) is 0 Å². The third-order valence-electron chi connectivity index (χ3n) is 4.27. The number of rotatable bonds is 10. The molecule has 0 aliphatic rings. The van der Waals surface area contributed by atoms with Crippen LogP contribution in [0.1, 0.15) is 50.2 Å². The van der Waals surface area contributed by atoms with Gasteiger partial charge in [0.1, 0.15) is 16.8 Å². The zero-order chi connectivity index (χ0) is 22.1. The van der Waals surface area contributed by atoms with Gasteiger partial charge in [-0.05, 0) is 42.5 Å². The summed E-state index contributed by atoms with van der Waals surface area (Å²) in [5.74, 6) is 0.438. The number of ether oxygens (including phenoxy) is 1. The van der Waals surface area contributed by atoms with Crippen molar-refractivity contribution in [3.05, 3.63) is 41.5 Å². The van der Waals surface area contributed by atoms with Crippen LogP contribution in [0, 0.1) is 11.3 Å². The fourth-order valence-electron chi connectivity index (χ4n) is 2.79. The molecule has 0 saturated carbocycles. The molecule has 0 bridgehead atoms. The maximum Gasteiger partial charge on any atom is 0.417 e. The van der Waals surface area contributed by atoms with Crippen LogP contribution in [0.3, 0.4) is 0 Å². The van der Waals surface area contributed by atoms with E-state index in [0.717, 1.165) is 49.9 Å². The van der Waals surface area contributed by atoms with Gasteiger partial charge in [0.2, 0.25) is 0 Å². The molecule has 2 aromatic rings. The number of benzene rings is 1. The molecule has 0 amide bonds. The number of aromatic nitrogens is 1. The Balaban J connectivity index is 2.33. The molecule has 0 N–H and O–H groups in total. The number of halogens is 5. The van der Waals surface area contributed by atoms with Gasteiger partial charge in [0.25, 0.3) is 0 Å². The summed E-state index contributed by atoms with van der Waals surface area (Å²) in [7, 11) is 0. The van der Waals surface area contributed by atoms with E-state index in [9.17, 15) is 27.2 Å². The molecular weight excluding hydrogens is 423 g/mol. The first-order valence-electron chi connectivity index (χ1n) is 9.46. The molecule has 30 heavy (non-hydrogen) atoms. The fourth-order valence-corrected chi connectivity index (χ4v) is 3.79. The van der Waals surface area contributed by atoms with Crippen LogP contribution in [0.5, 0.6) is 5.75 Å². The summed E-state index contributed by atoms with van der Waals surface area (Å²) in [6, 6.07) is 7.61. The van der Waals surface area contributed by atoms with Gasteiger partial charge in [-0.25, -0.2) is 4.98 Å². The quantitative estimate of drug-likeness (QED) is 0.219. The molecule has 2 rings (SSSR count). The maximum absolute atomic E-state index is 13.6. The monoisotopic (exact) mass is 444 g/mol. The molecule has 0 aliphatic heterocycles. The first kappa shape index (κ1) is 23.9. The minimum atomic E-state index is -4.72. The molecule has 0 saturated heterocycles. The lowest BCUT2D eigenvalue weighted by Gasteiger charge is -2.14. The summed E-state index contributed by atoms with van der Waals surface area (Å²) in [5, 5.41) is 9.35. The van der Waals surface area contributed by atoms with Gasteiger partial charge in [-0.3, -0.25) is 0 Å². The molecule has 1 aromatic heterocycles. The van der Waals surface area contributed by atoms with Gasteiger partial charge in [0.15, 0.2) is 0 Å². The SMILES string of the molecule is CCCCCCCSc1nc(-c2ccc(OC(F)F)cc2)cc(C(F)(F)F)c1C#N. The van der Waals surface area contributed by atoms with Crippen molar-refractivity contribution >= 4 is 11.8 Å². The van der Waals surface area contributed by atoms with Crippen molar-refractivity contribution in [2.24, 2.45) is 0 Å². The Morgan fingerprint density at radius 3 is 2.33 bits per heavy atom. The van der Waals surface area contributed by atoms with E-state index in [2.05, 4.69) is 16.6 Å². The average molecular weight is 444 g/mol. The van der Waals surface area contributed by atoms with E-state index >= 15 is 0 Å². The molecule has 0 aliphatic carbocycles. The predicted molar refractivity (Wildman–Crippen MR) is 106 cm³/mol. The Morgan fingerprint density at radius 1 is 1.10 bits per heavy atom. The minimum absolute atomic E-state index is 0.0124. The fraction of sp³-hybridized carbons (Fsp3) is 0.429. The van der Waals surface area contributed by atoms with E-state index in [1.807, 2.05) is 0 Å². The lowest BCUT2D eigenvalue weighted by molar-refractivity contribution is -0.138. The van der Waals surface area contributed by atoms with Crippen molar-refractivity contribution in [1.29, 1.82) is 5.26 Å². The number of hydrogen-bond donors (Lipinski definition) is 0. The van der Waals surface area contributed by atoms with Gasteiger partial charge in [0, 0.05) is 5.56 Å². The summed E-state index contributed by atoms with van der Waals surface area (Å²) in [6.07, 6.45) is 0.285. The van der Waals surface area contributed by atoms with Gasteiger partial charge in [-0.1, -0.05) is 32.6 Å². The molecule has 0 radical (unpaired) electrons. The van der Waals surface area contributed by atoms with Crippen molar-refractivity contribution < 1.29 is 26.7 Å². The number of pyridine rings is 1. The number of alkyl halides is 5. The van der Waals surface area contributed by atoms with Crippen molar-refractivity contribution in [1.82, 2.24) is 4.98 Å². The molecule has 0 atom stereocenters. The molecule has 0 spiro atoms. The second-order valence-electron chi connectivity index (χ2n) is 6.51. The largest absolute Gasteiger partial charge is 0.435 e. The van der Waals surface area contributed by atoms with Crippen molar-refractivity contribution in [2.75, 3.05) is 5.75 Å². The van der Waals surface area contributed by atoms with Crippen LogP contribution in [0.25, 0.3) is 11.3 Å². The van der Waals surface area contributed by atoms with E-state index < -0.39 is 23.9 Å². The average Bonchev–Trinajstić information content (AvgIpc) is 2.69. The minimum Gasteiger partial charge on any atom is -0.435 e. The first-order chi connectivity index (χ1) is 14.3. The standard InChI is InChI=1S/C21H21F5N2OS/c1-2-3-4-5-6-11-30-19-16(13-27)17(21(24,25)26)12-18(28-19)14-7-9-15(10-8-14)29-20(22)23/h7-10,12,20H,2-6,11H2,1H3. The Morgan fingerprint density at radius 2 is 1.77 bits per heavy atom. The number of nitriles is 1. The van der Waals surface area contributed by atoms with Crippen LogP contribution in [-0.4, -0.2) is 17.3 Å². The normalized spacial score (nSPS) is 11.5. The van der Waals surface area contributed by atoms with Gasteiger partial charge in [-0.15, -0.1) is 11.8 Å². The molecule has 1 aromatic carbocycles. The van der Waals surface area contributed by atoms with E-state index in [-0.39, 0.29) is 16.5 Å². The zero-order valence-corrected chi connectivity index (χ0v) is 17.1. The van der Waals surface area contributed by atoms with Crippen LogP contribution < -0.4 is 4.74 Å². The summed E-state index contributed by atoms with van der Waals surface area (Å²) >= 11 is 1.12. The highest BCUT2D eigenvalue weighted by Gasteiger charge is 2.36. The Labute approximate surface area is 176 Å². The van der Waals surface area contributed by atoms with Crippen LogP contribution in [0.4, 0.5) is 22.0 Å². The maximum atomic E-state index is 13.6. The van der Waals surface area contributed by atoms with Crippen LogP contribution in [-0.2, 0) is 6.18 Å². The van der Waals surface area contributed by atoms with Crippen molar-refractivity contribution in [3.8, 4) is 23.1 Å². The number of hydrogen-bond acceptors (Lipinski definition) is 4. The van der Waals surface area contributed by atoms with Crippen LogP contribution >= 0.6 is 11.8 Å². The van der Waals surface area contributed by atoms with Crippen LogP contribution in [0.15, 0.2) is 35.4 Å². The Bertz CT molecular complexity index is 863. The third-order valence-corrected chi connectivity index (χ3v) is 5.33. The highest BCUT2D eigenvalue weighted by molar-refractivity contribution is 7.99. The molecule has 0 unspecified atom stereocenters. The topological polar surface area (TPSA) is 45.9 Å². The van der Waals surface area contributed by atoms with Crippen molar-refractivity contribution in [3.63, 3.8) is 0 Å². The summed E-state index contributed by atoms with van der Waals surface area (Å²) < 4.78 is 69.5.